The quantitative estimate of drug-likeness (QED) is 0.736. The van der Waals surface area contributed by atoms with Crippen LogP contribution in [-0.4, -0.2) is 42.6 Å². The molecule has 148 valence electrons. The maximum Gasteiger partial charge on any atom is 0.319 e. The highest BCUT2D eigenvalue weighted by atomic mass is 16.5. The second kappa shape index (κ2) is 9.78. The van der Waals surface area contributed by atoms with E-state index in [1.54, 1.807) is 11.0 Å². The van der Waals surface area contributed by atoms with E-state index >= 15 is 0 Å². The van der Waals surface area contributed by atoms with Crippen molar-refractivity contribution in [3.8, 4) is 5.75 Å². The fraction of sp³-hybridized carbons (Fsp3) is 0.364. The van der Waals surface area contributed by atoms with E-state index in [0.29, 0.717) is 31.0 Å². The summed E-state index contributed by atoms with van der Waals surface area (Å²) in [5, 5.41) is 5.70. The van der Waals surface area contributed by atoms with Gasteiger partial charge >= 0.3 is 6.03 Å². The van der Waals surface area contributed by atoms with Gasteiger partial charge in [0.15, 0.2) is 0 Å². The van der Waals surface area contributed by atoms with Crippen molar-refractivity contribution in [1.29, 1.82) is 0 Å². The average Bonchev–Trinajstić information content (AvgIpc) is 3.07. The Balaban J connectivity index is 1.44. The predicted molar refractivity (Wildman–Crippen MR) is 110 cm³/mol. The molecule has 0 bridgehead atoms. The minimum Gasteiger partial charge on any atom is -0.493 e. The van der Waals surface area contributed by atoms with Crippen LogP contribution in [0.25, 0.3) is 0 Å². The van der Waals surface area contributed by atoms with Crippen LogP contribution in [0.3, 0.4) is 0 Å². The van der Waals surface area contributed by atoms with Crippen LogP contribution in [0.15, 0.2) is 54.6 Å². The zero-order valence-corrected chi connectivity index (χ0v) is 16.2. The Kier molecular flexibility index (Phi) is 6.89. The summed E-state index contributed by atoms with van der Waals surface area (Å²) >= 11 is 0. The van der Waals surface area contributed by atoms with Crippen molar-refractivity contribution in [2.45, 2.75) is 32.2 Å². The Labute approximate surface area is 165 Å². The van der Waals surface area contributed by atoms with Gasteiger partial charge in [-0.1, -0.05) is 36.4 Å². The molecule has 0 aromatic heterocycles. The lowest BCUT2D eigenvalue weighted by Crippen LogP contribution is -2.44. The highest BCUT2D eigenvalue weighted by molar-refractivity contribution is 5.89. The van der Waals surface area contributed by atoms with Gasteiger partial charge in [-0.3, -0.25) is 4.79 Å². The second-order valence-corrected chi connectivity index (χ2v) is 7.05. The topological polar surface area (TPSA) is 70.7 Å². The number of hydrogen-bond acceptors (Lipinski definition) is 3. The molecule has 6 nitrogen and oxygen atoms in total. The third kappa shape index (κ3) is 6.01. The molecule has 2 aromatic rings. The maximum atomic E-state index is 12.2. The molecule has 6 heteroatoms. The summed E-state index contributed by atoms with van der Waals surface area (Å²) in [6.45, 7) is 3.78. The van der Waals surface area contributed by atoms with Crippen molar-refractivity contribution in [1.82, 2.24) is 10.2 Å². The average molecular weight is 381 g/mol. The summed E-state index contributed by atoms with van der Waals surface area (Å²) in [5.41, 5.74) is 1.89. The van der Waals surface area contributed by atoms with E-state index < -0.39 is 0 Å². The van der Waals surface area contributed by atoms with E-state index in [9.17, 15) is 9.59 Å². The molecule has 0 aliphatic carbocycles. The van der Waals surface area contributed by atoms with Crippen LogP contribution in [0.1, 0.15) is 25.3 Å². The van der Waals surface area contributed by atoms with Crippen molar-refractivity contribution in [2.75, 3.05) is 25.0 Å². The molecule has 1 fully saturated rings. The van der Waals surface area contributed by atoms with Crippen LogP contribution in [0.4, 0.5) is 10.5 Å². The maximum absolute atomic E-state index is 12.2. The molecule has 1 aliphatic heterocycles. The van der Waals surface area contributed by atoms with Crippen LogP contribution >= 0.6 is 0 Å². The van der Waals surface area contributed by atoms with Gasteiger partial charge in [0.2, 0.25) is 5.91 Å². The number of carbonyl (C=O) groups is 2. The molecular weight excluding hydrogens is 354 g/mol. The highest BCUT2D eigenvalue weighted by Crippen LogP contribution is 2.18. The number of ether oxygens (including phenoxy) is 1. The van der Waals surface area contributed by atoms with Crippen molar-refractivity contribution < 1.29 is 14.3 Å². The molecule has 1 aliphatic rings. The van der Waals surface area contributed by atoms with E-state index in [4.69, 9.17) is 4.74 Å². The number of carbonyl (C=O) groups excluding carboxylic acids is 2. The van der Waals surface area contributed by atoms with E-state index in [2.05, 4.69) is 22.8 Å². The smallest absolute Gasteiger partial charge is 0.319 e. The molecule has 0 radical (unpaired) electrons. The Morgan fingerprint density at radius 1 is 1.18 bits per heavy atom. The molecular formula is C22H27N3O3. The van der Waals surface area contributed by atoms with Crippen molar-refractivity contribution >= 4 is 17.6 Å². The van der Waals surface area contributed by atoms with Gasteiger partial charge in [0.25, 0.3) is 0 Å². The van der Waals surface area contributed by atoms with E-state index in [0.717, 1.165) is 19.4 Å². The molecule has 1 saturated heterocycles. The van der Waals surface area contributed by atoms with Crippen molar-refractivity contribution in [3.05, 3.63) is 60.2 Å². The summed E-state index contributed by atoms with van der Waals surface area (Å²) < 4.78 is 5.80. The van der Waals surface area contributed by atoms with E-state index in [-0.39, 0.29) is 18.0 Å². The fourth-order valence-corrected chi connectivity index (χ4v) is 3.26. The second-order valence-electron chi connectivity index (χ2n) is 7.05. The number of nitrogens with one attached hydrogen (secondary N) is 2. The molecule has 2 N–H and O–H groups in total. The minimum absolute atomic E-state index is 0.118. The lowest BCUT2D eigenvalue weighted by atomic mass is 10.2. The molecule has 0 spiro atoms. The first-order valence-corrected chi connectivity index (χ1v) is 9.72. The lowest BCUT2D eigenvalue weighted by Gasteiger charge is -2.21. The third-order valence-corrected chi connectivity index (χ3v) is 4.64. The van der Waals surface area contributed by atoms with Gasteiger partial charge < -0.3 is 20.3 Å². The number of rotatable bonds is 8. The first-order chi connectivity index (χ1) is 13.6. The van der Waals surface area contributed by atoms with Gasteiger partial charge in [0, 0.05) is 43.7 Å². The Morgan fingerprint density at radius 3 is 2.75 bits per heavy atom. The first-order valence-electron chi connectivity index (χ1n) is 9.72. The molecule has 0 saturated carbocycles. The standard InChI is InChI=1S/C22H27N3O3/c1-17(16-25-13-6-11-21(25)26)23-22(27)24-19-9-5-10-20(15-19)28-14-12-18-7-3-2-4-8-18/h2-5,7-10,15,17H,6,11-14,16H2,1H3,(H2,23,24,27)/t17-/m0/s1. The minimum atomic E-state index is -0.291. The number of likely N-dealkylation sites (tertiary alicyclic amines) is 1. The number of nitrogens with zero attached hydrogens (tertiary/aromatic N) is 1. The van der Waals surface area contributed by atoms with E-state index in [1.807, 2.05) is 43.3 Å². The number of hydrogen-bond donors (Lipinski definition) is 2. The Hall–Kier alpha value is -3.02. The molecule has 3 rings (SSSR count). The fourth-order valence-electron chi connectivity index (χ4n) is 3.26. The SMILES string of the molecule is C[C@@H](CN1CCCC1=O)NC(=O)Nc1cccc(OCCc2ccccc2)c1. The predicted octanol–water partition coefficient (Wildman–Crippen LogP) is 3.44. The van der Waals surface area contributed by atoms with Gasteiger partial charge in [0.1, 0.15) is 5.75 Å². The van der Waals surface area contributed by atoms with Crippen LogP contribution in [0, 0.1) is 0 Å². The molecule has 28 heavy (non-hydrogen) atoms. The molecule has 3 amide bonds. The van der Waals surface area contributed by atoms with Gasteiger partial charge in [0.05, 0.1) is 6.61 Å². The van der Waals surface area contributed by atoms with Gasteiger partial charge in [-0.25, -0.2) is 4.79 Å². The molecule has 1 atom stereocenters. The summed E-state index contributed by atoms with van der Waals surface area (Å²) in [6.07, 6.45) is 2.33. The van der Waals surface area contributed by atoms with E-state index in [1.165, 1.54) is 5.56 Å². The number of amides is 3. The molecule has 1 heterocycles. The number of anilines is 1. The zero-order valence-electron chi connectivity index (χ0n) is 16.2. The molecule has 2 aromatic carbocycles. The summed E-state index contributed by atoms with van der Waals surface area (Å²) in [6, 6.07) is 17.1. The third-order valence-electron chi connectivity index (χ3n) is 4.64. The van der Waals surface area contributed by atoms with Crippen molar-refractivity contribution in [2.24, 2.45) is 0 Å². The van der Waals surface area contributed by atoms with Crippen molar-refractivity contribution in [3.63, 3.8) is 0 Å². The summed E-state index contributed by atoms with van der Waals surface area (Å²) in [5.74, 6) is 0.874. The normalized spacial score (nSPS) is 14.6. The largest absolute Gasteiger partial charge is 0.493 e. The monoisotopic (exact) mass is 381 g/mol. The highest BCUT2D eigenvalue weighted by Gasteiger charge is 2.22. The summed E-state index contributed by atoms with van der Waals surface area (Å²) in [4.78, 5) is 25.7. The van der Waals surface area contributed by atoms with Gasteiger partial charge in [-0.15, -0.1) is 0 Å². The van der Waals surface area contributed by atoms with Crippen LogP contribution in [-0.2, 0) is 11.2 Å². The summed E-state index contributed by atoms with van der Waals surface area (Å²) in [7, 11) is 0. The zero-order chi connectivity index (χ0) is 19.8. The number of benzene rings is 2. The lowest BCUT2D eigenvalue weighted by molar-refractivity contribution is -0.127. The molecule has 0 unspecified atom stereocenters. The van der Waals surface area contributed by atoms with Crippen LogP contribution < -0.4 is 15.4 Å². The Morgan fingerprint density at radius 2 is 2.00 bits per heavy atom. The van der Waals surface area contributed by atoms with Gasteiger partial charge in [-0.2, -0.15) is 0 Å². The Bertz CT molecular complexity index is 795. The number of urea groups is 1. The van der Waals surface area contributed by atoms with Crippen LogP contribution in [0.5, 0.6) is 5.75 Å². The van der Waals surface area contributed by atoms with Crippen LogP contribution in [0.2, 0.25) is 0 Å². The first kappa shape index (κ1) is 19.7. The van der Waals surface area contributed by atoms with Gasteiger partial charge in [-0.05, 0) is 31.0 Å².